The van der Waals surface area contributed by atoms with E-state index in [0.29, 0.717) is 10.7 Å². The molecule has 1 aliphatic heterocycles. The molecule has 1 fully saturated rings. The van der Waals surface area contributed by atoms with E-state index in [-0.39, 0.29) is 10.7 Å². The van der Waals surface area contributed by atoms with Crippen LogP contribution in [0.2, 0.25) is 0 Å². The molecule has 2 rings (SSSR count). The van der Waals surface area contributed by atoms with Gasteiger partial charge in [0.05, 0.1) is 23.2 Å². The fourth-order valence-electron chi connectivity index (χ4n) is 1.71. The van der Waals surface area contributed by atoms with Crippen LogP contribution >= 0.6 is 24.0 Å². The van der Waals surface area contributed by atoms with Gasteiger partial charge >= 0.3 is 0 Å². The van der Waals surface area contributed by atoms with Gasteiger partial charge in [-0.3, -0.25) is 9.69 Å². The number of hydrogen-bond acceptors (Lipinski definition) is 6. The van der Waals surface area contributed by atoms with Crippen molar-refractivity contribution in [3.8, 4) is 0 Å². The first-order valence-electron chi connectivity index (χ1n) is 5.56. The molecular formula is C12H10NO4S2-. The molecule has 0 aliphatic carbocycles. The van der Waals surface area contributed by atoms with E-state index in [2.05, 4.69) is 0 Å². The van der Waals surface area contributed by atoms with E-state index in [0.717, 1.165) is 16.7 Å². The van der Waals surface area contributed by atoms with Crippen molar-refractivity contribution in [2.24, 2.45) is 0 Å². The zero-order valence-electron chi connectivity index (χ0n) is 9.99. The molecule has 1 aliphatic rings. The third-order valence-corrected chi connectivity index (χ3v) is 3.94. The van der Waals surface area contributed by atoms with Crippen molar-refractivity contribution >= 4 is 46.3 Å². The summed E-state index contributed by atoms with van der Waals surface area (Å²) in [4.78, 5) is 24.6. The van der Waals surface area contributed by atoms with Gasteiger partial charge in [0.2, 0.25) is 0 Å². The third kappa shape index (κ3) is 2.71. The van der Waals surface area contributed by atoms with Gasteiger partial charge in [0.25, 0.3) is 5.91 Å². The van der Waals surface area contributed by atoms with Crippen LogP contribution in [-0.2, 0) is 9.59 Å². The van der Waals surface area contributed by atoms with E-state index in [1.54, 1.807) is 25.1 Å². The number of carboxylic acids is 1. The predicted molar refractivity (Wildman–Crippen MR) is 72.8 cm³/mol. The molecule has 0 bridgehead atoms. The first kappa shape index (κ1) is 13.8. The summed E-state index contributed by atoms with van der Waals surface area (Å²) in [6.07, 6.45) is 3.27. The number of carbonyl (C=O) groups excluding carboxylic acids is 2. The van der Waals surface area contributed by atoms with Crippen molar-refractivity contribution in [1.82, 2.24) is 4.90 Å². The van der Waals surface area contributed by atoms with Crippen LogP contribution < -0.4 is 5.11 Å². The van der Waals surface area contributed by atoms with Crippen LogP contribution in [0.5, 0.6) is 0 Å². The van der Waals surface area contributed by atoms with Gasteiger partial charge in [-0.05, 0) is 18.6 Å². The summed E-state index contributed by atoms with van der Waals surface area (Å²) in [6.45, 7) is 1.66. The van der Waals surface area contributed by atoms with Gasteiger partial charge in [0.15, 0.2) is 0 Å². The zero-order chi connectivity index (χ0) is 14.0. The highest BCUT2D eigenvalue weighted by atomic mass is 32.2. The molecule has 1 aromatic rings. The number of amides is 1. The summed E-state index contributed by atoms with van der Waals surface area (Å²) in [5.41, 5.74) is 0. The van der Waals surface area contributed by atoms with E-state index in [4.69, 9.17) is 16.6 Å². The van der Waals surface area contributed by atoms with E-state index < -0.39 is 17.9 Å². The largest absolute Gasteiger partial charge is 0.548 e. The lowest BCUT2D eigenvalue weighted by Gasteiger charge is -2.26. The second-order valence-electron chi connectivity index (χ2n) is 3.81. The molecule has 0 radical (unpaired) electrons. The lowest BCUT2D eigenvalue weighted by atomic mass is 10.2. The summed E-state index contributed by atoms with van der Waals surface area (Å²) in [6, 6.07) is 2.36. The standard InChI is InChI=1S/C12H11NO4S2/c1-2-8(11(15)16)13-10(14)9(19-12(13)18)6-7-4-3-5-17-7/h3-6,8H,2H2,1H3,(H,15,16)/p-1/b9-6+/t8-/m0/s1. The van der Waals surface area contributed by atoms with Gasteiger partial charge in [0, 0.05) is 6.08 Å². The maximum atomic E-state index is 12.2. The Morgan fingerprint density at radius 3 is 2.95 bits per heavy atom. The minimum Gasteiger partial charge on any atom is -0.548 e. The second kappa shape index (κ2) is 5.58. The number of thiocarbonyl (C=S) groups is 1. The normalized spacial score (nSPS) is 19.2. The Morgan fingerprint density at radius 1 is 1.68 bits per heavy atom. The Morgan fingerprint density at radius 2 is 2.42 bits per heavy atom. The van der Waals surface area contributed by atoms with Crippen molar-refractivity contribution < 1.29 is 19.1 Å². The number of thioether (sulfide) groups is 1. The first-order chi connectivity index (χ1) is 9.04. The molecule has 1 amide bonds. The molecular weight excluding hydrogens is 286 g/mol. The van der Waals surface area contributed by atoms with Crippen LogP contribution in [-0.4, -0.2) is 27.1 Å². The number of rotatable bonds is 4. The number of carboxylic acid groups (broad SMARTS) is 1. The highest BCUT2D eigenvalue weighted by Gasteiger charge is 2.37. The van der Waals surface area contributed by atoms with E-state index >= 15 is 0 Å². The molecule has 19 heavy (non-hydrogen) atoms. The molecule has 1 aromatic heterocycles. The van der Waals surface area contributed by atoms with Crippen LogP contribution in [0.15, 0.2) is 27.7 Å². The fourth-order valence-corrected chi connectivity index (χ4v) is 3.04. The molecule has 2 heterocycles. The molecule has 0 aromatic carbocycles. The number of aliphatic carboxylic acids is 1. The van der Waals surface area contributed by atoms with Crippen LogP contribution in [0.25, 0.3) is 6.08 Å². The fraction of sp³-hybridized carbons (Fsp3) is 0.250. The van der Waals surface area contributed by atoms with Crippen molar-refractivity contribution in [1.29, 1.82) is 0 Å². The Kier molecular flexibility index (Phi) is 4.06. The van der Waals surface area contributed by atoms with Gasteiger partial charge in [0.1, 0.15) is 10.1 Å². The molecule has 0 saturated carbocycles. The molecule has 0 unspecified atom stereocenters. The number of nitrogens with zero attached hydrogens (tertiary/aromatic N) is 1. The summed E-state index contributed by atoms with van der Waals surface area (Å²) >= 11 is 6.12. The highest BCUT2D eigenvalue weighted by Crippen LogP contribution is 2.34. The second-order valence-corrected chi connectivity index (χ2v) is 5.49. The molecule has 5 nitrogen and oxygen atoms in total. The quantitative estimate of drug-likeness (QED) is 0.610. The third-order valence-electron chi connectivity index (χ3n) is 2.61. The predicted octanol–water partition coefficient (Wildman–Crippen LogP) is 1.01. The number of furan rings is 1. The summed E-state index contributed by atoms with van der Waals surface area (Å²) in [5, 5.41) is 11.0. The zero-order valence-corrected chi connectivity index (χ0v) is 11.6. The van der Waals surface area contributed by atoms with Crippen molar-refractivity contribution in [2.75, 3.05) is 0 Å². The maximum Gasteiger partial charge on any atom is 0.266 e. The Balaban J connectivity index is 2.28. The average Bonchev–Trinajstić information content (AvgIpc) is 2.94. The van der Waals surface area contributed by atoms with E-state index in [9.17, 15) is 14.7 Å². The molecule has 1 saturated heterocycles. The number of hydrogen-bond donors (Lipinski definition) is 0. The Labute approximate surface area is 119 Å². The van der Waals surface area contributed by atoms with Crippen LogP contribution in [0.3, 0.4) is 0 Å². The Bertz CT molecular complexity index is 550. The van der Waals surface area contributed by atoms with E-state index in [1.807, 2.05) is 0 Å². The average molecular weight is 296 g/mol. The lowest BCUT2D eigenvalue weighted by molar-refractivity contribution is -0.310. The van der Waals surface area contributed by atoms with Gasteiger partial charge < -0.3 is 14.3 Å². The number of carbonyl (C=O) groups is 2. The lowest BCUT2D eigenvalue weighted by Crippen LogP contribution is -2.49. The van der Waals surface area contributed by atoms with Crippen LogP contribution in [0.1, 0.15) is 19.1 Å². The monoisotopic (exact) mass is 296 g/mol. The molecule has 0 spiro atoms. The van der Waals surface area contributed by atoms with Crippen molar-refractivity contribution in [2.45, 2.75) is 19.4 Å². The molecule has 0 N–H and O–H groups in total. The van der Waals surface area contributed by atoms with Crippen LogP contribution in [0.4, 0.5) is 0 Å². The van der Waals surface area contributed by atoms with Gasteiger partial charge in [-0.15, -0.1) is 0 Å². The SMILES string of the molecule is CC[C@@H](C(=O)[O-])N1C(=O)/C(=C\c2ccco2)SC1=S. The molecule has 7 heteroatoms. The minimum atomic E-state index is -1.31. The smallest absolute Gasteiger partial charge is 0.266 e. The topological polar surface area (TPSA) is 73.6 Å². The summed E-state index contributed by atoms with van der Waals surface area (Å²) in [7, 11) is 0. The van der Waals surface area contributed by atoms with Crippen molar-refractivity contribution in [3.05, 3.63) is 29.1 Å². The van der Waals surface area contributed by atoms with Gasteiger partial charge in [-0.2, -0.15) is 0 Å². The summed E-state index contributed by atoms with van der Waals surface area (Å²) < 4.78 is 5.34. The van der Waals surface area contributed by atoms with Crippen molar-refractivity contribution in [3.63, 3.8) is 0 Å². The Hall–Kier alpha value is -1.60. The van der Waals surface area contributed by atoms with Gasteiger partial charge in [-0.1, -0.05) is 30.9 Å². The maximum absolute atomic E-state index is 12.2. The summed E-state index contributed by atoms with van der Waals surface area (Å²) in [5.74, 6) is -1.22. The van der Waals surface area contributed by atoms with E-state index in [1.165, 1.54) is 6.26 Å². The first-order valence-corrected chi connectivity index (χ1v) is 6.78. The molecule has 1 atom stereocenters. The van der Waals surface area contributed by atoms with Gasteiger partial charge in [-0.25, -0.2) is 0 Å². The minimum absolute atomic E-state index is 0.221. The highest BCUT2D eigenvalue weighted by molar-refractivity contribution is 8.26. The van der Waals surface area contributed by atoms with Crippen LogP contribution in [0, 0.1) is 0 Å². The molecule has 100 valence electrons.